The van der Waals surface area contributed by atoms with E-state index in [2.05, 4.69) is 25.8 Å². The van der Waals surface area contributed by atoms with Crippen molar-refractivity contribution in [3.63, 3.8) is 0 Å². The Morgan fingerprint density at radius 2 is 2.03 bits per heavy atom. The van der Waals surface area contributed by atoms with Gasteiger partial charge in [0.25, 0.3) is 0 Å². The van der Waals surface area contributed by atoms with E-state index in [1.54, 1.807) is 24.4 Å². The number of rotatable bonds is 8. The first kappa shape index (κ1) is 26.2. The second-order valence-electron chi connectivity index (χ2n) is 7.26. The molecule has 0 amide bonds. The van der Waals surface area contributed by atoms with Crippen LogP contribution in [0, 0.1) is 11.3 Å². The number of nitriles is 1. The minimum absolute atomic E-state index is 0.152. The van der Waals surface area contributed by atoms with E-state index in [0.717, 1.165) is 17.5 Å². The van der Waals surface area contributed by atoms with Gasteiger partial charge in [0, 0.05) is 0 Å². The third-order valence-corrected chi connectivity index (χ3v) is 7.43. The van der Waals surface area contributed by atoms with E-state index in [0.29, 0.717) is 22.5 Å². The molecule has 36 heavy (non-hydrogen) atoms. The molecule has 0 radical (unpaired) electrons. The summed E-state index contributed by atoms with van der Waals surface area (Å²) in [5.41, 5.74) is 2.98. The number of aromatic nitrogens is 2. The third kappa shape index (κ3) is 6.64. The summed E-state index contributed by atoms with van der Waals surface area (Å²) in [6.45, 7) is 0.228. The van der Waals surface area contributed by atoms with Crippen molar-refractivity contribution in [2.75, 3.05) is 23.5 Å². The number of aliphatic imine (C=N–C) groups is 1. The van der Waals surface area contributed by atoms with Crippen LogP contribution in [0.5, 0.6) is 11.5 Å². The fourth-order valence-corrected chi connectivity index (χ4v) is 5.57. The van der Waals surface area contributed by atoms with Crippen LogP contribution in [0.4, 0.5) is 5.82 Å². The molecule has 0 saturated carbocycles. The molecule has 186 valence electrons. The third-order valence-electron chi connectivity index (χ3n) is 4.49. The fraction of sp³-hybridized carbons (Fsp3) is 0.130. The number of sulfonamides is 1. The summed E-state index contributed by atoms with van der Waals surface area (Å²) in [7, 11) is -3.44. The molecule has 3 aromatic rings. The van der Waals surface area contributed by atoms with Crippen molar-refractivity contribution in [3.05, 3.63) is 66.6 Å². The van der Waals surface area contributed by atoms with Gasteiger partial charge in [0.15, 0.2) is 0 Å². The van der Waals surface area contributed by atoms with Crippen molar-refractivity contribution in [1.82, 2.24) is 9.97 Å². The van der Waals surface area contributed by atoms with E-state index >= 15 is 0 Å². The molecule has 0 fully saturated rings. The van der Waals surface area contributed by atoms with Gasteiger partial charge in [-0.1, -0.05) is 0 Å². The van der Waals surface area contributed by atoms with Gasteiger partial charge >= 0.3 is 229 Å². The number of benzene rings is 2. The van der Waals surface area contributed by atoms with Crippen molar-refractivity contribution in [3.8, 4) is 17.6 Å². The average molecular weight is 657 g/mol. The van der Waals surface area contributed by atoms with Crippen LogP contribution in [-0.2, 0) is 10.0 Å². The molecular weight excluding hydrogens is 640 g/mol. The Balaban J connectivity index is 1.51. The fourth-order valence-electron chi connectivity index (χ4n) is 3.07. The van der Waals surface area contributed by atoms with Crippen molar-refractivity contribution in [2.24, 2.45) is 4.99 Å². The molecule has 1 N–H and O–H groups in total. The minimum atomic E-state index is -3.44. The van der Waals surface area contributed by atoms with E-state index < -0.39 is 31.2 Å². The van der Waals surface area contributed by atoms with Gasteiger partial charge in [0.1, 0.15) is 0 Å². The van der Waals surface area contributed by atoms with Crippen molar-refractivity contribution >= 4 is 62.0 Å². The number of hydrogen-bond acceptors (Lipinski definition) is 8. The van der Waals surface area contributed by atoms with E-state index in [4.69, 9.17) is 32.7 Å². The molecular formula is C23H17Cl2IN5O4S-. The van der Waals surface area contributed by atoms with Crippen molar-refractivity contribution in [1.29, 1.82) is 5.26 Å². The first-order chi connectivity index (χ1) is 17.3. The molecule has 1 aromatic heterocycles. The molecule has 13 heteroatoms. The van der Waals surface area contributed by atoms with Gasteiger partial charge < -0.3 is 0 Å². The Morgan fingerprint density at radius 1 is 1.19 bits per heavy atom. The van der Waals surface area contributed by atoms with E-state index in [1.165, 1.54) is 6.20 Å². The van der Waals surface area contributed by atoms with Crippen LogP contribution in [0.2, 0.25) is 5.02 Å². The number of alkyl halides is 1. The number of allylic oxidation sites excluding steroid dienone is 1. The van der Waals surface area contributed by atoms with Gasteiger partial charge in [-0.2, -0.15) is 0 Å². The number of fused-ring (bicyclic) bond motifs is 1. The number of ether oxygens (including phenoxy) is 2. The predicted molar refractivity (Wildman–Crippen MR) is 136 cm³/mol. The van der Waals surface area contributed by atoms with E-state index in [-0.39, 0.29) is 34.6 Å². The maximum atomic E-state index is 11.4. The first-order valence-corrected chi connectivity index (χ1v) is 15.5. The Labute approximate surface area is 227 Å². The molecule has 0 unspecified atom stereocenters. The van der Waals surface area contributed by atoms with Gasteiger partial charge in [-0.25, -0.2) is 0 Å². The van der Waals surface area contributed by atoms with Crippen LogP contribution in [0.15, 0.2) is 55.4 Å². The summed E-state index contributed by atoms with van der Waals surface area (Å²) in [6.07, 6.45) is 4.02. The molecule has 0 spiro atoms. The topological polar surface area (TPSA) is 127 Å². The van der Waals surface area contributed by atoms with Crippen LogP contribution < -0.4 is 35.4 Å². The van der Waals surface area contributed by atoms with Crippen LogP contribution in [0.25, 0.3) is 16.7 Å². The molecule has 2 aromatic carbocycles. The zero-order valence-electron chi connectivity index (χ0n) is 18.6. The Kier molecular flexibility index (Phi) is 8.30. The normalized spacial score (nSPS) is 13.6. The predicted octanol–water partition coefficient (Wildman–Crippen LogP) is 1.54. The summed E-state index contributed by atoms with van der Waals surface area (Å²) in [5, 5.41) is 9.71. The van der Waals surface area contributed by atoms with Crippen LogP contribution in [0.3, 0.4) is 0 Å². The molecule has 0 bridgehead atoms. The number of nitrogens with one attached hydrogen (secondary N) is 1. The quantitative estimate of drug-likeness (QED) is 0.288. The van der Waals surface area contributed by atoms with Crippen molar-refractivity contribution in [2.45, 2.75) is 0 Å². The summed E-state index contributed by atoms with van der Waals surface area (Å²) in [6, 6.07) is 10.6. The van der Waals surface area contributed by atoms with Crippen LogP contribution >= 0.6 is 23.2 Å². The summed E-state index contributed by atoms with van der Waals surface area (Å²) in [5.74, 6) is 1.61. The van der Waals surface area contributed by atoms with Gasteiger partial charge in [-0.05, 0) is 0 Å². The summed E-state index contributed by atoms with van der Waals surface area (Å²) in [4.78, 5) is 13.2. The monoisotopic (exact) mass is 656 g/mol. The molecule has 9 nitrogen and oxygen atoms in total. The second-order valence-corrected chi connectivity index (χ2v) is 11.8. The van der Waals surface area contributed by atoms with E-state index in [1.807, 2.05) is 20.3 Å². The Morgan fingerprint density at radius 3 is 2.78 bits per heavy atom. The maximum absolute atomic E-state index is 11.4. The van der Waals surface area contributed by atoms with E-state index in [9.17, 15) is 13.7 Å². The number of nitrogens with zero attached hydrogens (tertiary/aromatic N) is 4. The molecule has 1 aliphatic heterocycles. The van der Waals surface area contributed by atoms with Gasteiger partial charge in [-0.15, -0.1) is 0 Å². The van der Waals surface area contributed by atoms with Gasteiger partial charge in [-0.3, -0.25) is 0 Å². The van der Waals surface area contributed by atoms with Crippen LogP contribution in [-0.4, -0.2) is 43.3 Å². The van der Waals surface area contributed by atoms with Gasteiger partial charge in [0.05, 0.1) is 0 Å². The number of halogens is 3. The van der Waals surface area contributed by atoms with Gasteiger partial charge in [0.2, 0.25) is 0 Å². The SMILES string of the molecule is CS(=O)(=O)Nc1cnc2cc(C3=C[I-]C=C(Oc4cc(Cl)c(OCCCl)c(C#N)c4)C=N3)ccc2n1. The molecule has 1 aliphatic rings. The van der Waals surface area contributed by atoms with Crippen LogP contribution in [0.1, 0.15) is 11.1 Å². The molecule has 0 saturated heterocycles. The standard InChI is InChI=1S/C23H17Cl2IN5O4S/c1-36(32,33)31-22-13-29-20-7-14(2-3-19(20)30-22)21-10-26-9-17(12-28-21)35-16-6-15(11-27)23(18(25)8-16)34-5-4-24/h2-3,6-10,12-13H,4-5H2,1H3,(H,30,31)/q-1. The zero-order chi connectivity index (χ0) is 25.7. The Hall–Kier alpha value is -2.92. The number of hydrogen-bond donors (Lipinski definition) is 1. The second kappa shape index (κ2) is 11.4. The molecule has 2 heterocycles. The first-order valence-electron chi connectivity index (χ1n) is 10.2. The molecule has 0 aliphatic carbocycles. The Bertz CT molecular complexity index is 1570. The van der Waals surface area contributed by atoms with Crippen molar-refractivity contribution < 1.29 is 39.1 Å². The molecule has 4 rings (SSSR count). The summed E-state index contributed by atoms with van der Waals surface area (Å²) >= 11 is 11.4. The molecule has 0 atom stereocenters. The number of anilines is 1. The average Bonchev–Trinajstić information content (AvgIpc) is 3.07. The zero-order valence-corrected chi connectivity index (χ0v) is 23.1. The summed E-state index contributed by atoms with van der Waals surface area (Å²) < 4.78 is 40.6.